The summed E-state index contributed by atoms with van der Waals surface area (Å²) in [5.41, 5.74) is 1.14. The predicted octanol–water partition coefficient (Wildman–Crippen LogP) is 0.940. The molecule has 1 aromatic carbocycles. The summed E-state index contributed by atoms with van der Waals surface area (Å²) in [7, 11) is 1.66. The van der Waals surface area contributed by atoms with E-state index >= 15 is 0 Å². The molecular weight excluding hydrogens is 294 g/mol. The number of nitrogens with one attached hydrogen (secondary N) is 2. The van der Waals surface area contributed by atoms with Gasteiger partial charge in [-0.15, -0.1) is 0 Å². The van der Waals surface area contributed by atoms with Crippen molar-refractivity contribution in [3.05, 3.63) is 36.9 Å². The maximum absolute atomic E-state index is 11.7. The number of anilines is 1. The van der Waals surface area contributed by atoms with Gasteiger partial charge in [-0.05, 0) is 30.5 Å². The Kier molecular flexibility index (Phi) is 6.02. The van der Waals surface area contributed by atoms with Gasteiger partial charge < -0.3 is 20.3 Å². The average molecular weight is 317 g/mol. The van der Waals surface area contributed by atoms with Crippen molar-refractivity contribution in [3.8, 4) is 5.75 Å². The van der Waals surface area contributed by atoms with Crippen molar-refractivity contribution in [2.75, 3.05) is 38.2 Å². The maximum Gasteiger partial charge on any atom is 0.243 e. The summed E-state index contributed by atoms with van der Waals surface area (Å²) < 4.78 is 5.25. The Morgan fingerprint density at radius 1 is 1.43 bits per heavy atom. The van der Waals surface area contributed by atoms with E-state index in [9.17, 15) is 9.59 Å². The smallest absolute Gasteiger partial charge is 0.243 e. The first-order chi connectivity index (χ1) is 11.1. The summed E-state index contributed by atoms with van der Waals surface area (Å²) in [6, 6.07) is 7.99. The van der Waals surface area contributed by atoms with Crippen LogP contribution in [0.3, 0.4) is 0 Å². The number of carbonyl (C=O) groups is 2. The molecule has 2 amide bonds. The first kappa shape index (κ1) is 16.9. The number of ether oxygens (including phenoxy) is 1. The fourth-order valence-corrected chi connectivity index (χ4v) is 2.60. The topological polar surface area (TPSA) is 70.7 Å². The number of hydrogen-bond acceptors (Lipinski definition) is 4. The van der Waals surface area contributed by atoms with Crippen LogP contribution in [0.15, 0.2) is 36.9 Å². The first-order valence-corrected chi connectivity index (χ1v) is 7.68. The first-order valence-electron chi connectivity index (χ1n) is 7.68. The summed E-state index contributed by atoms with van der Waals surface area (Å²) in [5.74, 6) is 0.725. The van der Waals surface area contributed by atoms with Crippen LogP contribution in [0, 0.1) is 5.92 Å². The highest BCUT2D eigenvalue weighted by Crippen LogP contribution is 2.26. The van der Waals surface area contributed by atoms with E-state index in [1.165, 1.54) is 0 Å². The van der Waals surface area contributed by atoms with Gasteiger partial charge in [-0.3, -0.25) is 9.59 Å². The van der Waals surface area contributed by atoms with Crippen LogP contribution >= 0.6 is 0 Å². The van der Waals surface area contributed by atoms with Gasteiger partial charge in [0.05, 0.1) is 13.7 Å². The maximum atomic E-state index is 11.7. The lowest BCUT2D eigenvalue weighted by molar-refractivity contribution is -0.124. The van der Waals surface area contributed by atoms with E-state index in [1.54, 1.807) is 7.11 Å². The lowest BCUT2D eigenvalue weighted by Crippen LogP contribution is -2.38. The molecule has 23 heavy (non-hydrogen) atoms. The van der Waals surface area contributed by atoms with Gasteiger partial charge in [0.1, 0.15) is 5.75 Å². The van der Waals surface area contributed by atoms with E-state index in [4.69, 9.17) is 4.74 Å². The van der Waals surface area contributed by atoms with Gasteiger partial charge in [-0.25, -0.2) is 0 Å². The molecule has 1 fully saturated rings. The lowest BCUT2D eigenvalue weighted by atomic mass is 10.1. The van der Waals surface area contributed by atoms with Crippen molar-refractivity contribution < 1.29 is 14.3 Å². The quantitative estimate of drug-likeness (QED) is 0.734. The Bertz CT molecular complexity index is 574. The minimum Gasteiger partial charge on any atom is -0.497 e. The van der Waals surface area contributed by atoms with Crippen molar-refractivity contribution in [3.63, 3.8) is 0 Å². The minimum atomic E-state index is -0.342. The molecule has 0 aliphatic carbocycles. The second kappa shape index (κ2) is 8.22. The average Bonchev–Trinajstić information content (AvgIpc) is 3.06. The van der Waals surface area contributed by atoms with Crippen LogP contribution in [0.2, 0.25) is 0 Å². The van der Waals surface area contributed by atoms with Crippen molar-refractivity contribution in [1.82, 2.24) is 10.6 Å². The largest absolute Gasteiger partial charge is 0.497 e. The zero-order chi connectivity index (χ0) is 16.7. The van der Waals surface area contributed by atoms with Crippen LogP contribution in [-0.2, 0) is 9.59 Å². The number of methoxy groups -OCH3 is 1. The monoisotopic (exact) mass is 317 g/mol. The van der Waals surface area contributed by atoms with Crippen molar-refractivity contribution in [2.24, 2.45) is 5.92 Å². The van der Waals surface area contributed by atoms with E-state index in [0.29, 0.717) is 12.5 Å². The predicted molar refractivity (Wildman–Crippen MR) is 89.5 cm³/mol. The zero-order valence-electron chi connectivity index (χ0n) is 13.4. The number of carbonyl (C=O) groups excluding carboxylic acids is 2. The lowest BCUT2D eigenvalue weighted by Gasteiger charge is -2.19. The molecule has 2 N–H and O–H groups in total. The second-order valence-corrected chi connectivity index (χ2v) is 5.53. The fourth-order valence-electron chi connectivity index (χ4n) is 2.60. The summed E-state index contributed by atoms with van der Waals surface area (Å²) >= 11 is 0. The molecule has 1 unspecified atom stereocenters. The van der Waals surface area contributed by atoms with Crippen LogP contribution in [0.4, 0.5) is 5.69 Å². The van der Waals surface area contributed by atoms with Crippen LogP contribution in [0.5, 0.6) is 5.75 Å². The molecule has 0 saturated carbocycles. The molecular formula is C17H23N3O3. The molecule has 1 heterocycles. The molecule has 6 heteroatoms. The van der Waals surface area contributed by atoms with E-state index in [1.807, 2.05) is 18.2 Å². The van der Waals surface area contributed by atoms with Gasteiger partial charge in [0.25, 0.3) is 0 Å². The summed E-state index contributed by atoms with van der Waals surface area (Å²) in [4.78, 5) is 25.0. The molecule has 1 atom stereocenters. The van der Waals surface area contributed by atoms with Gasteiger partial charge in [0, 0.05) is 31.4 Å². The van der Waals surface area contributed by atoms with Crippen LogP contribution in [0.1, 0.15) is 6.42 Å². The number of amides is 2. The third-order valence-electron chi connectivity index (χ3n) is 3.90. The van der Waals surface area contributed by atoms with Gasteiger partial charge in [0.2, 0.25) is 11.8 Å². The molecule has 1 aliphatic rings. The molecule has 6 nitrogen and oxygen atoms in total. The van der Waals surface area contributed by atoms with Crippen molar-refractivity contribution in [1.29, 1.82) is 0 Å². The Morgan fingerprint density at radius 3 is 3.00 bits per heavy atom. The molecule has 0 aromatic heterocycles. The number of benzene rings is 1. The fraction of sp³-hybridized carbons (Fsp3) is 0.412. The Morgan fingerprint density at radius 2 is 2.26 bits per heavy atom. The third-order valence-corrected chi connectivity index (χ3v) is 3.90. The molecule has 0 spiro atoms. The number of rotatable bonds is 7. The second-order valence-electron chi connectivity index (χ2n) is 5.53. The summed E-state index contributed by atoms with van der Waals surface area (Å²) in [6.07, 6.45) is 2.17. The Labute approximate surface area is 136 Å². The number of nitrogens with zero attached hydrogens (tertiary/aromatic N) is 1. The van der Waals surface area contributed by atoms with Crippen LogP contribution in [0.25, 0.3) is 0 Å². The number of hydrogen-bond donors (Lipinski definition) is 2. The highest BCUT2D eigenvalue weighted by molar-refractivity contribution is 5.90. The molecule has 1 aromatic rings. The summed E-state index contributed by atoms with van der Waals surface area (Å²) in [5, 5.41) is 5.32. The van der Waals surface area contributed by atoms with Gasteiger partial charge in [0.15, 0.2) is 0 Å². The Hall–Kier alpha value is -2.50. The molecule has 1 saturated heterocycles. The molecule has 0 radical (unpaired) electrons. The third kappa shape index (κ3) is 5.02. The molecule has 0 bridgehead atoms. The highest BCUT2D eigenvalue weighted by atomic mass is 16.5. The van der Waals surface area contributed by atoms with E-state index in [2.05, 4.69) is 28.2 Å². The van der Waals surface area contributed by atoms with Crippen LogP contribution < -0.4 is 20.3 Å². The zero-order valence-corrected chi connectivity index (χ0v) is 13.4. The molecule has 124 valence electrons. The summed E-state index contributed by atoms with van der Waals surface area (Å²) in [6.45, 7) is 5.79. The van der Waals surface area contributed by atoms with Gasteiger partial charge in [-0.1, -0.05) is 12.6 Å². The molecule has 1 aliphatic heterocycles. The van der Waals surface area contributed by atoms with E-state index in [0.717, 1.165) is 37.0 Å². The van der Waals surface area contributed by atoms with Crippen molar-refractivity contribution in [2.45, 2.75) is 6.42 Å². The minimum absolute atomic E-state index is 0.0167. The van der Waals surface area contributed by atoms with Crippen molar-refractivity contribution >= 4 is 17.5 Å². The standard InChI is InChI=1S/C17H23N3O3/c1-3-16(21)19-11-17(22)18-10-13-7-8-20(12-13)14-5-4-6-15(9-14)23-2/h3-6,9,13H,1,7-8,10-12H2,2H3,(H,18,22)(H,19,21). The normalized spacial score (nSPS) is 16.7. The van der Waals surface area contributed by atoms with E-state index < -0.39 is 0 Å². The SMILES string of the molecule is C=CC(=O)NCC(=O)NCC1CCN(c2cccc(OC)c2)C1. The molecule has 2 rings (SSSR count). The van der Waals surface area contributed by atoms with Gasteiger partial charge >= 0.3 is 0 Å². The highest BCUT2D eigenvalue weighted by Gasteiger charge is 2.23. The van der Waals surface area contributed by atoms with E-state index in [-0.39, 0.29) is 18.4 Å². The van der Waals surface area contributed by atoms with Gasteiger partial charge in [-0.2, -0.15) is 0 Å². The Balaban J connectivity index is 1.76. The van der Waals surface area contributed by atoms with Crippen LogP contribution in [-0.4, -0.2) is 45.1 Å².